The number of imidazole rings is 1. The normalized spacial score (nSPS) is 14.5. The maximum atomic E-state index is 6.18. The molecule has 0 bridgehead atoms. The zero-order valence-corrected chi connectivity index (χ0v) is 15.4. The summed E-state index contributed by atoms with van der Waals surface area (Å²) in [6, 6.07) is 18.1. The predicted molar refractivity (Wildman–Crippen MR) is 111 cm³/mol. The second kappa shape index (κ2) is 6.94. The van der Waals surface area contributed by atoms with Crippen LogP contribution in [-0.2, 0) is 0 Å². The number of hydrogen-bond acceptors (Lipinski definition) is 6. The molecule has 1 aromatic carbocycles. The summed E-state index contributed by atoms with van der Waals surface area (Å²) in [5.74, 6) is 1.25. The van der Waals surface area contributed by atoms with Gasteiger partial charge in [-0.05, 0) is 24.3 Å². The Hall–Kier alpha value is -3.45. The zero-order valence-electron chi connectivity index (χ0n) is 15.4. The summed E-state index contributed by atoms with van der Waals surface area (Å²) >= 11 is 0. The average molecular weight is 371 g/mol. The van der Waals surface area contributed by atoms with Crippen molar-refractivity contribution in [3.05, 3.63) is 60.8 Å². The maximum absolute atomic E-state index is 6.18. The first-order chi connectivity index (χ1) is 13.8. The number of anilines is 1. The molecule has 1 saturated heterocycles. The molecule has 7 heteroatoms. The second-order valence-corrected chi connectivity index (χ2v) is 6.79. The van der Waals surface area contributed by atoms with E-state index < -0.39 is 0 Å². The van der Waals surface area contributed by atoms with Gasteiger partial charge in [0, 0.05) is 37.9 Å². The molecule has 1 fully saturated rings. The Bertz CT molecular complexity index is 1110. The largest absolute Gasteiger partial charge is 0.383 e. The van der Waals surface area contributed by atoms with Gasteiger partial charge in [0.2, 0.25) is 0 Å². The van der Waals surface area contributed by atoms with Gasteiger partial charge in [-0.1, -0.05) is 30.3 Å². The molecule has 3 aromatic heterocycles. The van der Waals surface area contributed by atoms with Crippen LogP contribution in [0.1, 0.15) is 0 Å². The van der Waals surface area contributed by atoms with Crippen LogP contribution < -0.4 is 16.1 Å². The highest BCUT2D eigenvalue weighted by atomic mass is 15.6. The fourth-order valence-corrected chi connectivity index (χ4v) is 3.62. The Morgan fingerprint density at radius 2 is 1.71 bits per heavy atom. The minimum absolute atomic E-state index is 0.470. The highest BCUT2D eigenvalue weighted by molar-refractivity contribution is 5.82. The lowest BCUT2D eigenvalue weighted by Gasteiger charge is -2.31. The Morgan fingerprint density at radius 3 is 2.50 bits per heavy atom. The monoisotopic (exact) mass is 371 g/mol. The molecule has 0 radical (unpaired) electrons. The first-order valence-electron chi connectivity index (χ1n) is 9.43. The molecule has 28 heavy (non-hydrogen) atoms. The summed E-state index contributed by atoms with van der Waals surface area (Å²) in [5, 5.41) is 5.67. The average Bonchev–Trinajstić information content (AvgIpc) is 3.14. The van der Waals surface area contributed by atoms with Gasteiger partial charge in [-0.3, -0.25) is 0 Å². The minimum atomic E-state index is 0.470. The van der Waals surface area contributed by atoms with E-state index in [1.807, 2.05) is 42.5 Å². The predicted octanol–water partition coefficient (Wildman–Crippen LogP) is 2.28. The van der Waals surface area contributed by atoms with Crippen molar-refractivity contribution in [2.24, 2.45) is 0 Å². The van der Waals surface area contributed by atoms with Crippen LogP contribution in [0.25, 0.3) is 33.8 Å². The molecule has 4 aromatic rings. The molecular formula is C21H21N7. The quantitative estimate of drug-likeness (QED) is 0.575. The van der Waals surface area contributed by atoms with E-state index in [-0.39, 0.29) is 0 Å². The number of hydrogen-bond donors (Lipinski definition) is 2. The third kappa shape index (κ3) is 2.86. The third-order valence-electron chi connectivity index (χ3n) is 5.01. The van der Waals surface area contributed by atoms with Crippen LogP contribution in [0.5, 0.6) is 0 Å². The molecule has 7 nitrogen and oxygen atoms in total. The molecule has 1 aliphatic heterocycles. The van der Waals surface area contributed by atoms with Gasteiger partial charge in [-0.15, -0.1) is 0 Å². The highest BCUT2D eigenvalue weighted by Gasteiger charge is 2.22. The van der Waals surface area contributed by atoms with Crippen LogP contribution >= 0.6 is 0 Å². The summed E-state index contributed by atoms with van der Waals surface area (Å²) in [7, 11) is 0. The minimum Gasteiger partial charge on any atom is -0.383 e. The fourth-order valence-electron chi connectivity index (χ4n) is 3.62. The van der Waals surface area contributed by atoms with Crippen molar-refractivity contribution in [1.82, 2.24) is 24.9 Å². The number of nitrogens with one attached hydrogen (secondary N) is 1. The molecule has 0 unspecified atom stereocenters. The highest BCUT2D eigenvalue weighted by Crippen LogP contribution is 2.29. The van der Waals surface area contributed by atoms with Gasteiger partial charge in [0.1, 0.15) is 11.3 Å². The van der Waals surface area contributed by atoms with Crippen molar-refractivity contribution < 1.29 is 0 Å². The standard InChI is InChI=1S/C21H21N7/c22-19-16(7-4-10-24-19)20-26-18-9-8-17(15-5-2-1-3-6-15)25-21(18)28(20)27-13-11-23-12-14-27/h1-10,23H,11-14H2,(H2,22,24). The van der Waals surface area contributed by atoms with E-state index in [1.165, 1.54) is 0 Å². The summed E-state index contributed by atoms with van der Waals surface area (Å²) in [6.45, 7) is 3.58. The molecule has 0 atom stereocenters. The number of nitrogens with zero attached hydrogens (tertiary/aromatic N) is 5. The van der Waals surface area contributed by atoms with Crippen LogP contribution in [-0.4, -0.2) is 45.8 Å². The number of rotatable bonds is 3. The second-order valence-electron chi connectivity index (χ2n) is 6.79. The van der Waals surface area contributed by atoms with Gasteiger partial charge >= 0.3 is 0 Å². The number of nitrogen functional groups attached to an aromatic ring is 1. The fraction of sp³-hybridized carbons (Fsp3) is 0.190. The molecule has 0 saturated carbocycles. The van der Waals surface area contributed by atoms with E-state index in [2.05, 4.69) is 32.1 Å². The van der Waals surface area contributed by atoms with Gasteiger partial charge in [0.05, 0.1) is 11.3 Å². The number of benzene rings is 1. The van der Waals surface area contributed by atoms with Crippen molar-refractivity contribution >= 4 is 17.0 Å². The summed E-state index contributed by atoms with van der Waals surface area (Å²) in [4.78, 5) is 14.1. The molecule has 4 heterocycles. The van der Waals surface area contributed by atoms with Crippen molar-refractivity contribution in [3.8, 4) is 22.6 Å². The lowest BCUT2D eigenvalue weighted by Crippen LogP contribution is -2.49. The van der Waals surface area contributed by atoms with E-state index in [1.54, 1.807) is 6.20 Å². The molecular weight excluding hydrogens is 350 g/mol. The Kier molecular flexibility index (Phi) is 4.14. The molecule has 5 rings (SSSR count). The van der Waals surface area contributed by atoms with E-state index in [0.29, 0.717) is 5.82 Å². The lowest BCUT2D eigenvalue weighted by atomic mass is 10.1. The molecule has 0 spiro atoms. The van der Waals surface area contributed by atoms with E-state index >= 15 is 0 Å². The zero-order chi connectivity index (χ0) is 18.9. The van der Waals surface area contributed by atoms with Crippen molar-refractivity contribution in [2.45, 2.75) is 0 Å². The first kappa shape index (κ1) is 16.7. The summed E-state index contributed by atoms with van der Waals surface area (Å²) in [5.41, 5.74) is 10.7. The summed E-state index contributed by atoms with van der Waals surface area (Å²) < 4.78 is 2.11. The molecule has 140 valence electrons. The van der Waals surface area contributed by atoms with Crippen LogP contribution in [0.3, 0.4) is 0 Å². The molecule has 3 N–H and O–H groups in total. The topological polar surface area (TPSA) is 84.9 Å². The van der Waals surface area contributed by atoms with Gasteiger partial charge in [-0.2, -0.15) is 0 Å². The van der Waals surface area contributed by atoms with Crippen LogP contribution in [0.15, 0.2) is 60.8 Å². The van der Waals surface area contributed by atoms with Crippen molar-refractivity contribution in [2.75, 3.05) is 36.9 Å². The van der Waals surface area contributed by atoms with Crippen molar-refractivity contribution in [1.29, 1.82) is 0 Å². The maximum Gasteiger partial charge on any atom is 0.180 e. The van der Waals surface area contributed by atoms with Crippen molar-refractivity contribution in [3.63, 3.8) is 0 Å². The first-order valence-corrected chi connectivity index (χ1v) is 9.43. The smallest absolute Gasteiger partial charge is 0.180 e. The van der Waals surface area contributed by atoms with E-state index in [4.69, 9.17) is 15.7 Å². The Morgan fingerprint density at radius 1 is 0.893 bits per heavy atom. The van der Waals surface area contributed by atoms with Crippen LogP contribution in [0.4, 0.5) is 5.82 Å². The van der Waals surface area contributed by atoms with Gasteiger partial charge in [-0.25, -0.2) is 19.6 Å². The Labute approximate surface area is 162 Å². The summed E-state index contributed by atoms with van der Waals surface area (Å²) in [6.07, 6.45) is 1.70. The lowest BCUT2D eigenvalue weighted by molar-refractivity contribution is 0.499. The number of fused-ring (bicyclic) bond motifs is 1. The third-order valence-corrected chi connectivity index (χ3v) is 5.01. The number of nitrogens with two attached hydrogens (primary N) is 1. The van der Waals surface area contributed by atoms with Gasteiger partial charge in [0.25, 0.3) is 0 Å². The van der Waals surface area contributed by atoms with E-state index in [0.717, 1.165) is 60.0 Å². The van der Waals surface area contributed by atoms with Crippen LogP contribution in [0, 0.1) is 0 Å². The molecule has 1 aliphatic rings. The molecule has 0 aliphatic carbocycles. The number of piperazine rings is 1. The Balaban J connectivity index is 1.74. The SMILES string of the molecule is Nc1ncccc1-c1nc2ccc(-c3ccccc3)nc2n1N1CCNCC1. The van der Waals surface area contributed by atoms with Crippen LogP contribution in [0.2, 0.25) is 0 Å². The molecule has 0 amide bonds. The number of aromatic nitrogens is 4. The number of pyridine rings is 2. The van der Waals surface area contributed by atoms with Gasteiger partial charge in [0.15, 0.2) is 11.5 Å². The van der Waals surface area contributed by atoms with Gasteiger partial charge < -0.3 is 16.1 Å². The van der Waals surface area contributed by atoms with E-state index in [9.17, 15) is 0 Å².